The SMILES string of the molecule is CCC(C)C(NC(=O)C(N)CCSC)C(=O)N1CCCC1C(=O)NCC(=O)O. The highest BCUT2D eigenvalue weighted by atomic mass is 32.2. The lowest BCUT2D eigenvalue weighted by Gasteiger charge is -2.31. The van der Waals surface area contributed by atoms with Gasteiger partial charge in [0.15, 0.2) is 0 Å². The summed E-state index contributed by atoms with van der Waals surface area (Å²) in [6.07, 6.45) is 4.22. The highest BCUT2D eigenvalue weighted by molar-refractivity contribution is 7.98. The summed E-state index contributed by atoms with van der Waals surface area (Å²) < 4.78 is 0. The maximum atomic E-state index is 13.1. The van der Waals surface area contributed by atoms with Gasteiger partial charge in [-0.25, -0.2) is 0 Å². The normalized spacial score (nSPS) is 19.6. The first-order valence-corrected chi connectivity index (χ1v) is 11.0. The van der Waals surface area contributed by atoms with Crippen LogP contribution in [0.1, 0.15) is 39.5 Å². The van der Waals surface area contributed by atoms with Gasteiger partial charge < -0.3 is 26.4 Å². The summed E-state index contributed by atoms with van der Waals surface area (Å²) >= 11 is 1.59. The molecule has 4 atom stereocenters. The van der Waals surface area contributed by atoms with Gasteiger partial charge in [0, 0.05) is 6.54 Å². The molecular formula is C18H32N4O5S. The Balaban J connectivity index is 2.86. The summed E-state index contributed by atoms with van der Waals surface area (Å²) in [5.74, 6) is -1.72. The van der Waals surface area contributed by atoms with Crippen LogP contribution in [-0.4, -0.2) is 76.9 Å². The third kappa shape index (κ3) is 6.97. The number of amides is 3. The minimum absolute atomic E-state index is 0.132. The standard InChI is InChI=1S/C18H32N4O5S/c1-4-11(2)15(21-16(25)12(19)7-9-28-3)18(27)22-8-5-6-13(22)17(26)20-10-14(23)24/h11-13,15H,4-10,19H2,1-3H3,(H,20,26)(H,21,25)(H,23,24). The van der Waals surface area contributed by atoms with Crippen LogP contribution >= 0.6 is 11.8 Å². The van der Waals surface area contributed by atoms with E-state index in [0.717, 1.165) is 5.75 Å². The summed E-state index contributed by atoms with van der Waals surface area (Å²) in [6.45, 7) is 3.69. The van der Waals surface area contributed by atoms with Gasteiger partial charge in [0.05, 0.1) is 6.04 Å². The third-order valence-corrected chi connectivity index (χ3v) is 5.64. The second-order valence-corrected chi connectivity index (χ2v) is 8.05. The third-order valence-electron chi connectivity index (χ3n) is 5.00. The van der Waals surface area contributed by atoms with Crippen LogP contribution in [0, 0.1) is 5.92 Å². The van der Waals surface area contributed by atoms with Crippen molar-refractivity contribution in [1.29, 1.82) is 0 Å². The van der Waals surface area contributed by atoms with Crippen molar-refractivity contribution >= 4 is 35.5 Å². The molecule has 1 saturated heterocycles. The van der Waals surface area contributed by atoms with Crippen LogP contribution < -0.4 is 16.4 Å². The first-order chi connectivity index (χ1) is 13.2. The van der Waals surface area contributed by atoms with Crippen LogP contribution in [0.3, 0.4) is 0 Å². The first kappa shape index (κ1) is 24.2. The molecule has 1 aliphatic rings. The van der Waals surface area contributed by atoms with Crippen LogP contribution in [0.15, 0.2) is 0 Å². The molecule has 0 saturated carbocycles. The number of aliphatic carboxylic acids is 1. The predicted octanol–water partition coefficient (Wildman–Crippen LogP) is -0.210. The number of thioether (sulfide) groups is 1. The molecule has 5 N–H and O–H groups in total. The van der Waals surface area contributed by atoms with Crippen molar-refractivity contribution in [3.8, 4) is 0 Å². The molecule has 9 nitrogen and oxygen atoms in total. The second-order valence-electron chi connectivity index (χ2n) is 7.06. The lowest BCUT2D eigenvalue weighted by Crippen LogP contribution is -2.57. The largest absolute Gasteiger partial charge is 0.480 e. The van der Waals surface area contributed by atoms with Gasteiger partial charge in [0.2, 0.25) is 17.7 Å². The van der Waals surface area contributed by atoms with Crippen molar-refractivity contribution < 1.29 is 24.3 Å². The molecule has 28 heavy (non-hydrogen) atoms. The predicted molar refractivity (Wildman–Crippen MR) is 108 cm³/mol. The van der Waals surface area contributed by atoms with Crippen molar-refractivity contribution in [2.45, 2.75) is 57.7 Å². The number of rotatable bonds is 11. The van der Waals surface area contributed by atoms with E-state index in [9.17, 15) is 19.2 Å². The van der Waals surface area contributed by atoms with Crippen LogP contribution in [-0.2, 0) is 19.2 Å². The van der Waals surface area contributed by atoms with E-state index in [1.165, 1.54) is 4.90 Å². The lowest BCUT2D eigenvalue weighted by molar-refractivity contribution is -0.143. The number of carbonyl (C=O) groups excluding carboxylic acids is 3. The summed E-state index contributed by atoms with van der Waals surface area (Å²) in [7, 11) is 0. The zero-order valence-electron chi connectivity index (χ0n) is 16.8. The highest BCUT2D eigenvalue weighted by Gasteiger charge is 2.39. The first-order valence-electron chi connectivity index (χ1n) is 9.57. The Morgan fingerprint density at radius 2 is 2.00 bits per heavy atom. The Morgan fingerprint density at radius 3 is 2.57 bits per heavy atom. The Labute approximate surface area is 170 Å². The second kappa shape index (κ2) is 11.9. The minimum atomic E-state index is -1.15. The van der Waals surface area contributed by atoms with E-state index in [1.54, 1.807) is 11.8 Å². The molecule has 1 heterocycles. The summed E-state index contributed by atoms with van der Waals surface area (Å²) in [5.41, 5.74) is 5.92. The van der Waals surface area contributed by atoms with E-state index < -0.39 is 36.5 Å². The van der Waals surface area contributed by atoms with Gasteiger partial charge in [-0.3, -0.25) is 19.2 Å². The maximum Gasteiger partial charge on any atom is 0.322 e. The van der Waals surface area contributed by atoms with Crippen molar-refractivity contribution in [2.24, 2.45) is 11.7 Å². The van der Waals surface area contributed by atoms with Gasteiger partial charge in [-0.1, -0.05) is 20.3 Å². The van der Waals surface area contributed by atoms with Crippen molar-refractivity contribution in [3.63, 3.8) is 0 Å². The van der Waals surface area contributed by atoms with Gasteiger partial charge in [-0.05, 0) is 37.2 Å². The van der Waals surface area contributed by atoms with Gasteiger partial charge >= 0.3 is 5.97 Å². The fourth-order valence-electron chi connectivity index (χ4n) is 3.08. The van der Waals surface area contributed by atoms with Crippen LogP contribution in [0.5, 0.6) is 0 Å². The van der Waals surface area contributed by atoms with E-state index in [2.05, 4.69) is 10.6 Å². The molecule has 0 spiro atoms. The number of hydrogen-bond donors (Lipinski definition) is 4. The van der Waals surface area contributed by atoms with E-state index in [-0.39, 0.29) is 17.7 Å². The highest BCUT2D eigenvalue weighted by Crippen LogP contribution is 2.21. The molecule has 0 radical (unpaired) electrons. The molecule has 1 rings (SSSR count). The molecular weight excluding hydrogens is 384 g/mol. The molecule has 0 aromatic carbocycles. The molecule has 4 unspecified atom stereocenters. The van der Waals surface area contributed by atoms with Gasteiger partial charge in [0.25, 0.3) is 0 Å². The number of carbonyl (C=O) groups is 4. The number of hydrogen-bond acceptors (Lipinski definition) is 6. The maximum absolute atomic E-state index is 13.1. The van der Waals surface area contributed by atoms with Crippen LogP contribution in [0.2, 0.25) is 0 Å². The summed E-state index contributed by atoms with van der Waals surface area (Å²) in [4.78, 5) is 50.0. The van der Waals surface area contributed by atoms with E-state index in [0.29, 0.717) is 32.2 Å². The average Bonchev–Trinajstić information content (AvgIpc) is 3.16. The van der Waals surface area contributed by atoms with Gasteiger partial charge in [0.1, 0.15) is 18.6 Å². The van der Waals surface area contributed by atoms with E-state index in [4.69, 9.17) is 10.8 Å². The number of nitrogens with two attached hydrogens (primary N) is 1. The van der Waals surface area contributed by atoms with Crippen LogP contribution in [0.4, 0.5) is 0 Å². The Bertz CT molecular complexity index is 574. The fraction of sp³-hybridized carbons (Fsp3) is 0.778. The van der Waals surface area contributed by atoms with Crippen molar-refractivity contribution in [2.75, 3.05) is 25.1 Å². The van der Waals surface area contributed by atoms with Crippen molar-refractivity contribution in [1.82, 2.24) is 15.5 Å². The number of nitrogens with zero attached hydrogens (tertiary/aromatic N) is 1. The lowest BCUT2D eigenvalue weighted by atomic mass is 9.96. The molecule has 3 amide bonds. The van der Waals surface area contributed by atoms with E-state index in [1.807, 2.05) is 20.1 Å². The van der Waals surface area contributed by atoms with Crippen molar-refractivity contribution in [3.05, 3.63) is 0 Å². The molecule has 10 heteroatoms. The molecule has 1 aliphatic heterocycles. The smallest absolute Gasteiger partial charge is 0.322 e. The Hall–Kier alpha value is -1.81. The van der Waals surface area contributed by atoms with Gasteiger partial charge in [-0.2, -0.15) is 11.8 Å². The molecule has 0 bridgehead atoms. The quantitative estimate of drug-likeness (QED) is 0.365. The zero-order valence-corrected chi connectivity index (χ0v) is 17.6. The Kier molecular flexibility index (Phi) is 10.3. The van der Waals surface area contributed by atoms with Crippen LogP contribution in [0.25, 0.3) is 0 Å². The topological polar surface area (TPSA) is 142 Å². The molecule has 0 aromatic heterocycles. The Morgan fingerprint density at radius 1 is 1.32 bits per heavy atom. The molecule has 0 aromatic rings. The number of carboxylic acid groups (broad SMARTS) is 1. The summed E-state index contributed by atoms with van der Waals surface area (Å²) in [5, 5.41) is 13.8. The average molecular weight is 417 g/mol. The monoisotopic (exact) mass is 416 g/mol. The summed E-state index contributed by atoms with van der Waals surface area (Å²) in [6, 6.07) is -2.19. The van der Waals surface area contributed by atoms with Gasteiger partial charge in [-0.15, -0.1) is 0 Å². The minimum Gasteiger partial charge on any atom is -0.480 e. The zero-order chi connectivity index (χ0) is 21.3. The number of nitrogens with one attached hydrogen (secondary N) is 2. The molecule has 160 valence electrons. The molecule has 0 aliphatic carbocycles. The van der Waals surface area contributed by atoms with E-state index >= 15 is 0 Å². The molecule has 1 fully saturated rings. The fourth-order valence-corrected chi connectivity index (χ4v) is 3.57. The number of carboxylic acids is 1. The number of likely N-dealkylation sites (tertiary alicyclic amines) is 1.